The lowest BCUT2D eigenvalue weighted by atomic mass is 10.0. The third-order valence-electron chi connectivity index (χ3n) is 2.29. The van der Waals surface area contributed by atoms with Gasteiger partial charge in [0.1, 0.15) is 5.03 Å². The van der Waals surface area contributed by atoms with Gasteiger partial charge >= 0.3 is 0 Å². The second kappa shape index (κ2) is 6.30. The lowest BCUT2D eigenvalue weighted by Crippen LogP contribution is -1.99. The van der Waals surface area contributed by atoms with E-state index in [4.69, 9.17) is 0 Å². The first-order valence-electron chi connectivity index (χ1n) is 5.29. The molecule has 17 heavy (non-hydrogen) atoms. The fourth-order valence-electron chi connectivity index (χ4n) is 1.33. The summed E-state index contributed by atoms with van der Waals surface area (Å²) in [5.41, 5.74) is 2.11. The zero-order valence-electron chi connectivity index (χ0n) is 10.1. The molecule has 0 saturated carbocycles. The van der Waals surface area contributed by atoms with Gasteiger partial charge in [-0.15, -0.1) is 11.8 Å². The van der Waals surface area contributed by atoms with Gasteiger partial charge in [0.2, 0.25) is 0 Å². The predicted molar refractivity (Wildman–Crippen MR) is 72.7 cm³/mol. The van der Waals surface area contributed by atoms with E-state index in [-0.39, 0.29) is 0 Å². The summed E-state index contributed by atoms with van der Waals surface area (Å²) in [6.07, 6.45) is 2.77. The van der Waals surface area contributed by atoms with Crippen molar-refractivity contribution in [2.75, 3.05) is 11.6 Å². The minimum absolute atomic E-state index is 0.457. The van der Waals surface area contributed by atoms with Gasteiger partial charge in [-0.25, -0.2) is 0 Å². The monoisotopic (exact) mass is 252 g/mol. The van der Waals surface area contributed by atoms with Crippen LogP contribution in [0, 0.1) is 10.1 Å². The second-order valence-electron chi connectivity index (χ2n) is 3.88. The molecule has 0 aromatic heterocycles. The minimum atomic E-state index is -0.457. The van der Waals surface area contributed by atoms with E-state index < -0.39 is 4.92 Å². The Morgan fingerprint density at radius 3 is 2.41 bits per heavy atom. The molecule has 0 heterocycles. The molecule has 0 spiro atoms. The summed E-state index contributed by atoms with van der Waals surface area (Å²) < 4.78 is 0. The molecule has 4 nitrogen and oxygen atoms in total. The third-order valence-corrected chi connectivity index (χ3v) is 2.93. The van der Waals surface area contributed by atoms with Crippen molar-refractivity contribution in [2.45, 2.75) is 19.8 Å². The van der Waals surface area contributed by atoms with Crippen molar-refractivity contribution in [1.82, 2.24) is 0 Å². The number of nitro groups is 1. The molecule has 1 N–H and O–H groups in total. The summed E-state index contributed by atoms with van der Waals surface area (Å²) in [6.45, 7) is 4.25. The van der Waals surface area contributed by atoms with E-state index in [1.165, 1.54) is 17.3 Å². The van der Waals surface area contributed by atoms with Crippen LogP contribution in [-0.4, -0.2) is 11.2 Å². The molecule has 1 aromatic carbocycles. The van der Waals surface area contributed by atoms with Crippen molar-refractivity contribution in [2.24, 2.45) is 0 Å². The van der Waals surface area contributed by atoms with Gasteiger partial charge in [0.15, 0.2) is 0 Å². The van der Waals surface area contributed by atoms with Crippen molar-refractivity contribution in [3.8, 4) is 0 Å². The average molecular weight is 252 g/mol. The number of nitrogens with zero attached hydrogens (tertiary/aromatic N) is 1. The maximum absolute atomic E-state index is 10.4. The third kappa shape index (κ3) is 4.48. The van der Waals surface area contributed by atoms with Crippen molar-refractivity contribution in [3.05, 3.63) is 51.2 Å². The van der Waals surface area contributed by atoms with Crippen LogP contribution in [-0.2, 0) is 0 Å². The number of benzene rings is 1. The minimum Gasteiger partial charge on any atom is -0.345 e. The smallest absolute Gasteiger partial charge is 0.264 e. The van der Waals surface area contributed by atoms with Crippen LogP contribution in [0.4, 0.5) is 5.69 Å². The molecule has 1 aromatic rings. The molecule has 0 radical (unpaired) electrons. The van der Waals surface area contributed by atoms with Crippen LogP contribution >= 0.6 is 11.8 Å². The first-order chi connectivity index (χ1) is 8.02. The zero-order valence-corrected chi connectivity index (χ0v) is 11.0. The Balaban J connectivity index is 2.77. The molecule has 92 valence electrons. The second-order valence-corrected chi connectivity index (χ2v) is 4.73. The zero-order chi connectivity index (χ0) is 12.8. The van der Waals surface area contributed by atoms with Gasteiger partial charge < -0.3 is 5.32 Å². The van der Waals surface area contributed by atoms with E-state index in [1.54, 1.807) is 6.26 Å². The molecule has 0 amide bonds. The Morgan fingerprint density at radius 2 is 2.00 bits per heavy atom. The first-order valence-corrected chi connectivity index (χ1v) is 6.51. The summed E-state index contributed by atoms with van der Waals surface area (Å²) in [7, 11) is 0. The van der Waals surface area contributed by atoms with E-state index in [2.05, 4.69) is 19.2 Å². The van der Waals surface area contributed by atoms with Crippen LogP contribution in [0.15, 0.2) is 35.5 Å². The fraction of sp³-hybridized carbons (Fsp3) is 0.333. The van der Waals surface area contributed by atoms with E-state index in [0.29, 0.717) is 10.9 Å². The fourth-order valence-corrected chi connectivity index (χ4v) is 1.74. The normalized spacial score (nSPS) is 11.6. The first kappa shape index (κ1) is 13.6. The summed E-state index contributed by atoms with van der Waals surface area (Å²) in [5, 5.41) is 13.9. The highest BCUT2D eigenvalue weighted by Gasteiger charge is 2.03. The largest absolute Gasteiger partial charge is 0.345 e. The summed E-state index contributed by atoms with van der Waals surface area (Å²) in [6, 6.07) is 7.91. The van der Waals surface area contributed by atoms with Crippen LogP contribution < -0.4 is 5.32 Å². The molecule has 0 aliphatic carbocycles. The lowest BCUT2D eigenvalue weighted by Gasteiger charge is -2.09. The Bertz CT molecular complexity index is 413. The Labute approximate surface area is 105 Å². The molecule has 1 rings (SSSR count). The number of hydrogen-bond donors (Lipinski definition) is 1. The molecule has 5 heteroatoms. The van der Waals surface area contributed by atoms with Gasteiger partial charge in [0, 0.05) is 5.69 Å². The number of anilines is 1. The summed E-state index contributed by atoms with van der Waals surface area (Å²) >= 11 is 1.31. The summed E-state index contributed by atoms with van der Waals surface area (Å²) in [5.74, 6) is 0.485. The van der Waals surface area contributed by atoms with Crippen LogP contribution in [0.25, 0.3) is 0 Å². The van der Waals surface area contributed by atoms with Crippen molar-refractivity contribution >= 4 is 17.4 Å². The molecule has 0 atom stereocenters. The number of thioether (sulfide) groups is 1. The molecule has 0 saturated heterocycles. The van der Waals surface area contributed by atoms with E-state index >= 15 is 0 Å². The quantitative estimate of drug-likeness (QED) is 0.642. The predicted octanol–water partition coefficient (Wildman–Crippen LogP) is 3.66. The van der Waals surface area contributed by atoms with Crippen molar-refractivity contribution < 1.29 is 4.92 Å². The Morgan fingerprint density at radius 1 is 1.41 bits per heavy atom. The van der Waals surface area contributed by atoms with Crippen LogP contribution in [0.5, 0.6) is 0 Å². The lowest BCUT2D eigenvalue weighted by molar-refractivity contribution is -0.402. The van der Waals surface area contributed by atoms with E-state index in [1.807, 2.05) is 24.3 Å². The molecule has 0 bridgehead atoms. The van der Waals surface area contributed by atoms with Gasteiger partial charge in [-0.3, -0.25) is 10.1 Å². The highest BCUT2D eigenvalue weighted by atomic mass is 32.2. The van der Waals surface area contributed by atoms with E-state index in [0.717, 1.165) is 11.9 Å². The molecule has 0 aliphatic heterocycles. The highest BCUT2D eigenvalue weighted by molar-refractivity contribution is 8.02. The maximum atomic E-state index is 10.4. The molecule has 0 fully saturated rings. The topological polar surface area (TPSA) is 55.2 Å². The maximum Gasteiger partial charge on any atom is 0.264 e. The highest BCUT2D eigenvalue weighted by Crippen LogP contribution is 2.20. The molecular weight excluding hydrogens is 236 g/mol. The summed E-state index contributed by atoms with van der Waals surface area (Å²) in [4.78, 5) is 9.92. The van der Waals surface area contributed by atoms with Gasteiger partial charge in [-0.2, -0.15) is 0 Å². The average Bonchev–Trinajstić information content (AvgIpc) is 2.28. The van der Waals surface area contributed by atoms with Gasteiger partial charge in [0.05, 0.1) is 4.92 Å². The van der Waals surface area contributed by atoms with Gasteiger partial charge in [0.25, 0.3) is 6.20 Å². The SMILES string of the molecule is CSC(=C[N+](=O)[O-])Nc1ccc(C(C)C)cc1. The molecule has 0 unspecified atom stereocenters. The van der Waals surface area contributed by atoms with Crippen LogP contribution in [0.3, 0.4) is 0 Å². The number of nitrogens with one attached hydrogen (secondary N) is 1. The standard InChI is InChI=1S/C12H16N2O2S/c1-9(2)10-4-6-11(7-5-10)13-12(17-3)8-14(15)16/h4-9,13H,1-3H3. The Hall–Kier alpha value is -1.49. The van der Waals surface area contributed by atoms with E-state index in [9.17, 15) is 10.1 Å². The Kier molecular flexibility index (Phi) is 5.03. The van der Waals surface area contributed by atoms with Crippen molar-refractivity contribution in [3.63, 3.8) is 0 Å². The number of hydrogen-bond acceptors (Lipinski definition) is 4. The molecule has 0 aliphatic rings. The van der Waals surface area contributed by atoms with Gasteiger partial charge in [-0.05, 0) is 29.9 Å². The molecular formula is C12H16N2O2S. The van der Waals surface area contributed by atoms with Gasteiger partial charge in [-0.1, -0.05) is 26.0 Å². The van der Waals surface area contributed by atoms with Crippen LogP contribution in [0.2, 0.25) is 0 Å². The number of rotatable bonds is 5. The van der Waals surface area contributed by atoms with Crippen LogP contribution in [0.1, 0.15) is 25.3 Å². The van der Waals surface area contributed by atoms with Crippen molar-refractivity contribution in [1.29, 1.82) is 0 Å².